The van der Waals surface area contributed by atoms with Crippen LogP contribution in [-0.2, 0) is 5.88 Å². The highest BCUT2D eigenvalue weighted by molar-refractivity contribution is 6.29. The maximum atomic E-state index is 5.76. The van der Waals surface area contributed by atoms with Crippen LogP contribution in [0.15, 0.2) is 12.1 Å². The van der Waals surface area contributed by atoms with Gasteiger partial charge in [0.15, 0.2) is 0 Å². The molecule has 0 fully saturated rings. The third kappa shape index (κ3) is 3.41. The van der Waals surface area contributed by atoms with Crippen molar-refractivity contribution in [1.29, 1.82) is 0 Å². The Balaban J connectivity index is 2.76. The van der Waals surface area contributed by atoms with Crippen molar-refractivity contribution in [2.45, 2.75) is 19.2 Å². The highest BCUT2D eigenvalue weighted by atomic mass is 35.5. The molecule has 1 aromatic rings. The maximum Gasteiger partial charge on any atom is 0.133 e. The van der Waals surface area contributed by atoms with Gasteiger partial charge in [-0.15, -0.1) is 11.6 Å². The second-order valence-electron chi connectivity index (χ2n) is 2.60. The summed E-state index contributed by atoms with van der Waals surface area (Å²) >= 11 is 11.4. The lowest BCUT2D eigenvalue weighted by Gasteiger charge is -2.05. The van der Waals surface area contributed by atoms with E-state index >= 15 is 0 Å². The minimum absolute atomic E-state index is 0.350. The highest BCUT2D eigenvalue weighted by Gasteiger charge is 2.00. The molecule has 1 aromatic heterocycles. The summed E-state index contributed by atoms with van der Waals surface area (Å²) in [6.45, 7) is 2.73. The number of halogens is 2. The summed E-state index contributed by atoms with van der Waals surface area (Å²) in [6, 6.07) is 3.49. The van der Waals surface area contributed by atoms with Crippen LogP contribution in [-0.4, -0.2) is 11.6 Å². The molecular weight excluding hydrogens is 209 g/mol. The molecule has 0 saturated carbocycles. The Labute approximate surface area is 87.8 Å². The lowest BCUT2D eigenvalue weighted by Crippen LogP contribution is -1.96. The van der Waals surface area contributed by atoms with Crippen LogP contribution < -0.4 is 4.74 Å². The Morgan fingerprint density at radius 1 is 1.46 bits per heavy atom. The monoisotopic (exact) mass is 219 g/mol. The number of hydrogen-bond acceptors (Lipinski definition) is 2. The van der Waals surface area contributed by atoms with Gasteiger partial charge in [0, 0.05) is 12.1 Å². The zero-order valence-electron chi connectivity index (χ0n) is 7.39. The minimum Gasteiger partial charge on any atom is -0.493 e. The Bertz CT molecular complexity index is 278. The molecule has 0 saturated heterocycles. The van der Waals surface area contributed by atoms with Crippen molar-refractivity contribution in [3.63, 3.8) is 0 Å². The van der Waals surface area contributed by atoms with Crippen LogP contribution in [0, 0.1) is 0 Å². The summed E-state index contributed by atoms with van der Waals surface area (Å²) in [7, 11) is 0. The van der Waals surface area contributed by atoms with Crippen LogP contribution >= 0.6 is 23.2 Å². The van der Waals surface area contributed by atoms with Gasteiger partial charge < -0.3 is 4.74 Å². The zero-order chi connectivity index (χ0) is 9.68. The van der Waals surface area contributed by atoms with Crippen molar-refractivity contribution < 1.29 is 4.74 Å². The molecule has 0 aromatic carbocycles. The van der Waals surface area contributed by atoms with Gasteiger partial charge in [0.25, 0.3) is 0 Å². The fourth-order valence-electron chi connectivity index (χ4n) is 0.897. The molecule has 0 unspecified atom stereocenters. The number of alkyl halides is 1. The van der Waals surface area contributed by atoms with Crippen molar-refractivity contribution in [3.05, 3.63) is 23.0 Å². The van der Waals surface area contributed by atoms with E-state index in [1.54, 1.807) is 12.1 Å². The van der Waals surface area contributed by atoms with Crippen LogP contribution in [0.5, 0.6) is 5.75 Å². The van der Waals surface area contributed by atoms with Gasteiger partial charge in [0.05, 0.1) is 18.2 Å². The molecule has 13 heavy (non-hydrogen) atoms. The largest absolute Gasteiger partial charge is 0.493 e. The molecule has 4 heteroatoms. The van der Waals surface area contributed by atoms with E-state index in [-0.39, 0.29) is 0 Å². The van der Waals surface area contributed by atoms with Crippen LogP contribution in [0.1, 0.15) is 19.0 Å². The first-order valence-electron chi connectivity index (χ1n) is 4.11. The predicted molar refractivity (Wildman–Crippen MR) is 54.6 cm³/mol. The van der Waals surface area contributed by atoms with Gasteiger partial charge in [-0.2, -0.15) is 0 Å². The fraction of sp³-hybridized carbons (Fsp3) is 0.444. The molecule has 0 atom stereocenters. The zero-order valence-corrected chi connectivity index (χ0v) is 8.90. The number of pyridine rings is 1. The summed E-state index contributed by atoms with van der Waals surface area (Å²) in [5.41, 5.74) is 0.736. The van der Waals surface area contributed by atoms with Crippen molar-refractivity contribution in [2.75, 3.05) is 6.61 Å². The summed E-state index contributed by atoms with van der Waals surface area (Å²) in [5, 5.41) is 0.421. The van der Waals surface area contributed by atoms with Crippen molar-refractivity contribution >= 4 is 23.2 Å². The second kappa shape index (κ2) is 5.30. The fourth-order valence-corrected chi connectivity index (χ4v) is 1.25. The van der Waals surface area contributed by atoms with Crippen LogP contribution in [0.2, 0.25) is 5.15 Å². The van der Waals surface area contributed by atoms with Crippen LogP contribution in [0.4, 0.5) is 0 Å². The molecule has 72 valence electrons. The summed E-state index contributed by atoms with van der Waals surface area (Å²) in [4.78, 5) is 4.01. The number of rotatable bonds is 4. The first kappa shape index (κ1) is 10.6. The third-order valence-electron chi connectivity index (χ3n) is 1.43. The standard InChI is InChI=1S/C9H11Cl2NO/c1-2-3-13-8-4-7(6-10)12-9(11)5-8/h4-5H,2-3,6H2,1H3. The summed E-state index contributed by atoms with van der Waals surface area (Å²) in [5.74, 6) is 1.08. The topological polar surface area (TPSA) is 22.1 Å². The van der Waals surface area contributed by atoms with Gasteiger partial charge in [-0.3, -0.25) is 0 Å². The Hall–Kier alpha value is -0.470. The predicted octanol–water partition coefficient (Wildman–Crippen LogP) is 3.26. The van der Waals surface area contributed by atoms with Gasteiger partial charge in [0.1, 0.15) is 10.9 Å². The summed E-state index contributed by atoms with van der Waals surface area (Å²) in [6.07, 6.45) is 0.968. The van der Waals surface area contributed by atoms with Gasteiger partial charge in [-0.1, -0.05) is 18.5 Å². The van der Waals surface area contributed by atoms with E-state index in [2.05, 4.69) is 4.98 Å². The number of nitrogens with zero attached hydrogens (tertiary/aromatic N) is 1. The van der Waals surface area contributed by atoms with Gasteiger partial charge in [-0.25, -0.2) is 4.98 Å². The lowest BCUT2D eigenvalue weighted by atomic mass is 10.3. The SMILES string of the molecule is CCCOc1cc(Cl)nc(CCl)c1. The van der Waals surface area contributed by atoms with Gasteiger partial charge >= 0.3 is 0 Å². The number of aromatic nitrogens is 1. The summed E-state index contributed by atoms with van der Waals surface area (Å²) < 4.78 is 5.40. The van der Waals surface area contributed by atoms with Crippen LogP contribution in [0.25, 0.3) is 0 Å². The molecule has 0 radical (unpaired) electrons. The molecule has 0 aliphatic rings. The lowest BCUT2D eigenvalue weighted by molar-refractivity contribution is 0.317. The molecule has 0 N–H and O–H groups in total. The molecule has 1 heterocycles. The highest BCUT2D eigenvalue weighted by Crippen LogP contribution is 2.18. The molecule has 0 aliphatic heterocycles. The van der Waals surface area contributed by atoms with E-state index in [4.69, 9.17) is 27.9 Å². The van der Waals surface area contributed by atoms with Gasteiger partial charge in [0.2, 0.25) is 0 Å². The molecule has 2 nitrogen and oxygen atoms in total. The van der Waals surface area contributed by atoms with E-state index in [0.29, 0.717) is 17.6 Å². The smallest absolute Gasteiger partial charge is 0.133 e. The average Bonchev–Trinajstić information content (AvgIpc) is 2.14. The van der Waals surface area contributed by atoms with Crippen molar-refractivity contribution in [1.82, 2.24) is 4.98 Å². The first-order valence-corrected chi connectivity index (χ1v) is 5.02. The van der Waals surface area contributed by atoms with Gasteiger partial charge in [-0.05, 0) is 6.42 Å². The normalized spacial score (nSPS) is 10.1. The Morgan fingerprint density at radius 3 is 2.85 bits per heavy atom. The van der Waals surface area contributed by atoms with Crippen molar-refractivity contribution in [2.24, 2.45) is 0 Å². The maximum absolute atomic E-state index is 5.76. The molecular formula is C9H11Cl2NO. The molecule has 1 rings (SSSR count). The van der Waals surface area contributed by atoms with E-state index in [0.717, 1.165) is 17.9 Å². The van der Waals surface area contributed by atoms with E-state index in [1.807, 2.05) is 6.92 Å². The van der Waals surface area contributed by atoms with E-state index in [1.165, 1.54) is 0 Å². The average molecular weight is 220 g/mol. The second-order valence-corrected chi connectivity index (χ2v) is 3.25. The van der Waals surface area contributed by atoms with Crippen LogP contribution in [0.3, 0.4) is 0 Å². The quantitative estimate of drug-likeness (QED) is 0.573. The van der Waals surface area contributed by atoms with E-state index in [9.17, 15) is 0 Å². The minimum atomic E-state index is 0.350. The number of ether oxygens (including phenoxy) is 1. The third-order valence-corrected chi connectivity index (χ3v) is 1.90. The molecule has 0 aliphatic carbocycles. The number of hydrogen-bond donors (Lipinski definition) is 0. The van der Waals surface area contributed by atoms with Crippen molar-refractivity contribution in [3.8, 4) is 5.75 Å². The Kier molecular flexibility index (Phi) is 4.33. The molecule has 0 spiro atoms. The first-order chi connectivity index (χ1) is 6.26. The molecule has 0 bridgehead atoms. The molecule has 0 amide bonds. The van der Waals surface area contributed by atoms with E-state index < -0.39 is 0 Å². The Morgan fingerprint density at radius 2 is 2.23 bits per heavy atom.